The molecule has 4 heteroatoms. The van der Waals surface area contributed by atoms with Gasteiger partial charge < -0.3 is 14.8 Å². The molecule has 0 fully saturated rings. The maximum Gasteiger partial charge on any atom is 0.161 e. The Bertz CT molecular complexity index is 1580. The van der Waals surface area contributed by atoms with Crippen molar-refractivity contribution in [1.82, 2.24) is 0 Å². The number of hydrogen-bond acceptors (Lipinski definition) is 4. The van der Waals surface area contributed by atoms with Crippen LogP contribution in [0.3, 0.4) is 0 Å². The van der Waals surface area contributed by atoms with Gasteiger partial charge in [0, 0.05) is 17.8 Å². The van der Waals surface area contributed by atoms with Crippen molar-refractivity contribution in [2.45, 2.75) is 52.7 Å². The van der Waals surface area contributed by atoms with Crippen LogP contribution in [0.15, 0.2) is 96.0 Å². The van der Waals surface area contributed by atoms with E-state index in [4.69, 9.17) is 14.5 Å². The predicted octanol–water partition coefficient (Wildman–Crippen LogP) is 9.17. The van der Waals surface area contributed by atoms with Gasteiger partial charge in [-0.2, -0.15) is 0 Å². The summed E-state index contributed by atoms with van der Waals surface area (Å²) in [6.07, 6.45) is 7.73. The lowest BCUT2D eigenvalue weighted by molar-refractivity contribution is 0.269. The Kier molecular flexibility index (Phi) is 7.65. The molecule has 0 radical (unpaired) electrons. The largest absolute Gasteiger partial charge is 0.490 e. The molecule has 4 aromatic carbocycles. The van der Waals surface area contributed by atoms with Crippen molar-refractivity contribution in [2.24, 2.45) is 10.9 Å². The van der Waals surface area contributed by atoms with Crippen molar-refractivity contribution in [3.63, 3.8) is 0 Å². The topological polar surface area (TPSA) is 42.8 Å². The van der Waals surface area contributed by atoms with Gasteiger partial charge in [-0.15, -0.1) is 0 Å². The van der Waals surface area contributed by atoms with E-state index in [1.165, 1.54) is 33.5 Å². The van der Waals surface area contributed by atoms with E-state index in [-0.39, 0.29) is 6.04 Å². The number of benzene rings is 4. The fourth-order valence-corrected chi connectivity index (χ4v) is 6.27. The van der Waals surface area contributed by atoms with Gasteiger partial charge in [-0.05, 0) is 98.7 Å². The maximum atomic E-state index is 6.15. The van der Waals surface area contributed by atoms with Crippen LogP contribution < -0.4 is 14.8 Å². The summed E-state index contributed by atoms with van der Waals surface area (Å²) in [5.74, 6) is 2.48. The van der Waals surface area contributed by atoms with Crippen LogP contribution in [0.2, 0.25) is 0 Å². The van der Waals surface area contributed by atoms with Crippen LogP contribution in [0, 0.1) is 26.7 Å². The second-order valence-electron chi connectivity index (χ2n) is 11.3. The molecule has 3 atom stereocenters. The highest BCUT2D eigenvalue weighted by Gasteiger charge is 2.37. The lowest BCUT2D eigenvalue weighted by Gasteiger charge is -2.37. The van der Waals surface area contributed by atoms with Crippen molar-refractivity contribution in [3.8, 4) is 11.5 Å². The molecule has 0 amide bonds. The average molecular weight is 543 g/mol. The summed E-state index contributed by atoms with van der Waals surface area (Å²) in [6, 6.07) is 28.2. The zero-order chi connectivity index (χ0) is 28.3. The van der Waals surface area contributed by atoms with E-state index in [1.54, 1.807) is 0 Å². The normalized spacial score (nSPS) is 19.1. The molecule has 0 spiro atoms. The first-order chi connectivity index (χ1) is 20.0. The molecule has 0 saturated heterocycles. The molecular formula is C37H38N2O2. The number of allylic oxidation sites excluding steroid dienone is 2. The van der Waals surface area contributed by atoms with Gasteiger partial charge >= 0.3 is 0 Å². The number of aryl methyl sites for hydroxylation is 3. The van der Waals surface area contributed by atoms with E-state index < -0.39 is 0 Å². The molecule has 0 bridgehead atoms. The Hall–Kier alpha value is -4.31. The van der Waals surface area contributed by atoms with Crippen LogP contribution in [0.5, 0.6) is 11.5 Å². The number of nitrogens with one attached hydrogen (secondary N) is 1. The van der Waals surface area contributed by atoms with Crippen molar-refractivity contribution < 1.29 is 9.47 Å². The number of hydrogen-bond donors (Lipinski definition) is 1. The quantitative estimate of drug-likeness (QED) is 0.178. The fraction of sp³-hybridized carbons (Fsp3) is 0.270. The molecule has 0 aromatic heterocycles. The Morgan fingerprint density at radius 3 is 2.41 bits per heavy atom. The predicted molar refractivity (Wildman–Crippen MR) is 169 cm³/mol. The fourth-order valence-electron chi connectivity index (χ4n) is 6.27. The van der Waals surface area contributed by atoms with Crippen LogP contribution >= 0.6 is 0 Å². The van der Waals surface area contributed by atoms with E-state index in [0.717, 1.165) is 34.7 Å². The van der Waals surface area contributed by atoms with Gasteiger partial charge in [0.2, 0.25) is 0 Å². The second kappa shape index (κ2) is 11.7. The van der Waals surface area contributed by atoms with Gasteiger partial charge in [-0.3, -0.25) is 4.99 Å². The molecule has 0 saturated carbocycles. The summed E-state index contributed by atoms with van der Waals surface area (Å²) in [7, 11) is 0. The highest BCUT2D eigenvalue weighted by atomic mass is 16.5. The molecule has 4 nitrogen and oxygen atoms in total. The Morgan fingerprint density at radius 1 is 0.829 bits per heavy atom. The molecule has 208 valence electrons. The highest BCUT2D eigenvalue weighted by Crippen LogP contribution is 2.50. The first-order valence-corrected chi connectivity index (χ1v) is 14.6. The lowest BCUT2D eigenvalue weighted by atomic mass is 9.76. The third-order valence-electron chi connectivity index (χ3n) is 8.08. The van der Waals surface area contributed by atoms with Gasteiger partial charge in [0.05, 0.1) is 18.3 Å². The molecule has 4 aromatic rings. The van der Waals surface area contributed by atoms with Crippen LogP contribution in [0.1, 0.15) is 64.2 Å². The first-order valence-electron chi connectivity index (χ1n) is 14.6. The molecule has 6 rings (SSSR count). The molecule has 0 unspecified atom stereocenters. The van der Waals surface area contributed by atoms with Crippen molar-refractivity contribution in [2.75, 3.05) is 11.9 Å². The summed E-state index contributed by atoms with van der Waals surface area (Å²) in [6.45, 7) is 9.45. The monoisotopic (exact) mass is 542 g/mol. The molecule has 41 heavy (non-hydrogen) atoms. The van der Waals surface area contributed by atoms with E-state index in [1.807, 2.05) is 31.3 Å². The van der Waals surface area contributed by atoms with E-state index >= 15 is 0 Å². The minimum absolute atomic E-state index is 0.285. The second-order valence-corrected chi connectivity index (χ2v) is 11.3. The smallest absolute Gasteiger partial charge is 0.161 e. The summed E-state index contributed by atoms with van der Waals surface area (Å²) in [4.78, 5) is 4.76. The number of nitrogens with zero attached hydrogens (tertiary/aromatic N) is 1. The number of aliphatic imine (C=N–C) groups is 1. The van der Waals surface area contributed by atoms with Gasteiger partial charge in [0.15, 0.2) is 11.5 Å². The standard InChI is InChI=1S/C37H38N2O2/c1-5-40-36-21-27(10-16-35(36)41-23-28-18-25(3)17-26(4)19-28)22-38-30-13-11-29(12-14-30)37-32-8-6-7-31(32)33-20-24(2)9-15-34(33)39-37/h6-7,9-22,31-32,37,39H,5,8,23H2,1-4H3/t31-,32-,37-/m0/s1. The van der Waals surface area contributed by atoms with Crippen LogP contribution in [0.25, 0.3) is 0 Å². The molecule has 1 aliphatic heterocycles. The first kappa shape index (κ1) is 26.9. The average Bonchev–Trinajstić information content (AvgIpc) is 3.46. The summed E-state index contributed by atoms with van der Waals surface area (Å²) in [5, 5.41) is 3.83. The van der Waals surface area contributed by atoms with E-state index in [2.05, 4.69) is 98.9 Å². The van der Waals surface area contributed by atoms with Crippen LogP contribution in [-0.4, -0.2) is 12.8 Å². The summed E-state index contributed by atoms with van der Waals surface area (Å²) >= 11 is 0. The van der Waals surface area contributed by atoms with Crippen LogP contribution in [-0.2, 0) is 6.61 Å². The Morgan fingerprint density at radius 2 is 1.63 bits per heavy atom. The van der Waals surface area contributed by atoms with Crippen molar-refractivity contribution in [1.29, 1.82) is 0 Å². The molecule has 1 aliphatic carbocycles. The summed E-state index contributed by atoms with van der Waals surface area (Å²) in [5.41, 5.74) is 10.8. The number of rotatable bonds is 8. The minimum Gasteiger partial charge on any atom is -0.490 e. The number of fused-ring (bicyclic) bond motifs is 3. The highest BCUT2D eigenvalue weighted by molar-refractivity contribution is 5.83. The Labute approximate surface area is 243 Å². The van der Waals surface area contributed by atoms with Gasteiger partial charge in [-0.1, -0.05) is 71.3 Å². The van der Waals surface area contributed by atoms with Crippen LogP contribution in [0.4, 0.5) is 11.4 Å². The Balaban J connectivity index is 1.15. The van der Waals surface area contributed by atoms with E-state index in [0.29, 0.717) is 25.0 Å². The molecule has 2 aliphatic rings. The van der Waals surface area contributed by atoms with Crippen molar-refractivity contribution in [3.05, 3.63) is 130 Å². The molecule has 1 heterocycles. The zero-order valence-electron chi connectivity index (χ0n) is 24.4. The third-order valence-corrected chi connectivity index (χ3v) is 8.08. The molecular weight excluding hydrogens is 504 g/mol. The number of anilines is 1. The lowest BCUT2D eigenvalue weighted by Crippen LogP contribution is -2.29. The maximum absolute atomic E-state index is 6.15. The SMILES string of the molecule is CCOc1cc(C=Nc2ccc([C@@H]3Nc4ccc(C)cc4[C@H]4C=CC[C@@H]43)cc2)ccc1OCc1cc(C)cc(C)c1. The van der Waals surface area contributed by atoms with E-state index in [9.17, 15) is 0 Å². The van der Waals surface area contributed by atoms with Gasteiger partial charge in [-0.25, -0.2) is 0 Å². The third kappa shape index (κ3) is 5.92. The molecule has 1 N–H and O–H groups in total. The van der Waals surface area contributed by atoms with Gasteiger partial charge in [0.25, 0.3) is 0 Å². The summed E-state index contributed by atoms with van der Waals surface area (Å²) < 4.78 is 12.1. The zero-order valence-corrected chi connectivity index (χ0v) is 24.4. The van der Waals surface area contributed by atoms with Gasteiger partial charge in [0.1, 0.15) is 6.61 Å². The number of ether oxygens (including phenoxy) is 2. The van der Waals surface area contributed by atoms with Crippen molar-refractivity contribution >= 4 is 17.6 Å². The minimum atomic E-state index is 0.285.